The van der Waals surface area contributed by atoms with Crippen LogP contribution in [0.2, 0.25) is 5.02 Å². The average Bonchev–Trinajstić information content (AvgIpc) is 2.91. The van der Waals surface area contributed by atoms with Crippen molar-refractivity contribution in [3.8, 4) is 5.75 Å². The second-order valence-electron chi connectivity index (χ2n) is 5.53. The van der Waals surface area contributed by atoms with Crippen LogP contribution in [-0.2, 0) is 6.42 Å². The Hall–Kier alpha value is -1.55. The molecule has 0 fully saturated rings. The summed E-state index contributed by atoms with van der Waals surface area (Å²) in [6, 6.07) is 14.4. The normalized spacial score (nSPS) is 18.1. The van der Waals surface area contributed by atoms with Gasteiger partial charge in [0.05, 0.1) is 6.61 Å². The molecule has 3 rings (SSSR count). The number of benzene rings is 2. The predicted molar refractivity (Wildman–Crippen MR) is 85.7 cm³/mol. The van der Waals surface area contributed by atoms with Crippen LogP contribution in [0.5, 0.6) is 5.75 Å². The zero-order valence-electron chi connectivity index (χ0n) is 12.0. The number of hydrazine groups is 1. The van der Waals surface area contributed by atoms with Gasteiger partial charge < -0.3 is 4.74 Å². The number of hydrogen-bond donors (Lipinski definition) is 2. The van der Waals surface area contributed by atoms with Crippen molar-refractivity contribution in [3.05, 3.63) is 64.2 Å². The third-order valence-corrected chi connectivity index (χ3v) is 4.44. The Morgan fingerprint density at radius 2 is 2.14 bits per heavy atom. The molecule has 3 N–H and O–H groups in total. The quantitative estimate of drug-likeness (QED) is 0.673. The van der Waals surface area contributed by atoms with E-state index >= 15 is 0 Å². The molecule has 2 atom stereocenters. The maximum absolute atomic E-state index is 6.34. The van der Waals surface area contributed by atoms with Crippen molar-refractivity contribution < 1.29 is 4.74 Å². The molecule has 21 heavy (non-hydrogen) atoms. The van der Waals surface area contributed by atoms with E-state index in [1.54, 1.807) is 0 Å². The topological polar surface area (TPSA) is 47.3 Å². The van der Waals surface area contributed by atoms with Crippen LogP contribution in [0.15, 0.2) is 42.5 Å². The summed E-state index contributed by atoms with van der Waals surface area (Å²) in [5.41, 5.74) is 6.42. The number of fused-ring (bicyclic) bond motifs is 1. The number of hydrogen-bond acceptors (Lipinski definition) is 3. The molecule has 1 aliphatic heterocycles. The van der Waals surface area contributed by atoms with Gasteiger partial charge in [-0.3, -0.25) is 11.3 Å². The van der Waals surface area contributed by atoms with Gasteiger partial charge in [-0.2, -0.15) is 0 Å². The fourth-order valence-corrected chi connectivity index (χ4v) is 3.20. The Labute approximate surface area is 130 Å². The van der Waals surface area contributed by atoms with Crippen LogP contribution in [0.1, 0.15) is 22.6 Å². The lowest BCUT2D eigenvalue weighted by Gasteiger charge is -2.22. The molecule has 2 aromatic rings. The molecule has 0 aliphatic carbocycles. The second-order valence-corrected chi connectivity index (χ2v) is 5.93. The Morgan fingerprint density at radius 3 is 2.90 bits per heavy atom. The average molecular weight is 303 g/mol. The van der Waals surface area contributed by atoms with Crippen molar-refractivity contribution in [1.82, 2.24) is 5.43 Å². The number of aryl methyl sites for hydroxylation is 1. The summed E-state index contributed by atoms with van der Waals surface area (Å²) < 4.78 is 5.75. The Morgan fingerprint density at radius 1 is 1.33 bits per heavy atom. The molecule has 1 aliphatic rings. The lowest BCUT2D eigenvalue weighted by Crippen LogP contribution is -2.42. The molecule has 0 spiro atoms. The van der Waals surface area contributed by atoms with Crippen molar-refractivity contribution in [2.24, 2.45) is 5.84 Å². The van der Waals surface area contributed by atoms with Crippen LogP contribution in [0.3, 0.4) is 0 Å². The first-order valence-electron chi connectivity index (χ1n) is 7.12. The van der Waals surface area contributed by atoms with Gasteiger partial charge >= 0.3 is 0 Å². The van der Waals surface area contributed by atoms with Crippen LogP contribution < -0.4 is 16.0 Å². The van der Waals surface area contributed by atoms with Crippen LogP contribution in [0.4, 0.5) is 0 Å². The van der Waals surface area contributed by atoms with Gasteiger partial charge in [0.15, 0.2) is 0 Å². The van der Waals surface area contributed by atoms with Gasteiger partial charge in [0.25, 0.3) is 0 Å². The van der Waals surface area contributed by atoms with E-state index in [9.17, 15) is 0 Å². The zero-order valence-corrected chi connectivity index (χ0v) is 12.7. The van der Waals surface area contributed by atoms with Crippen molar-refractivity contribution in [1.29, 1.82) is 0 Å². The van der Waals surface area contributed by atoms with E-state index in [0.29, 0.717) is 6.61 Å². The van der Waals surface area contributed by atoms with E-state index in [1.165, 1.54) is 5.56 Å². The summed E-state index contributed by atoms with van der Waals surface area (Å²) in [4.78, 5) is 0. The van der Waals surface area contributed by atoms with Crippen LogP contribution in [-0.4, -0.2) is 12.6 Å². The molecule has 2 unspecified atom stereocenters. The summed E-state index contributed by atoms with van der Waals surface area (Å²) in [6.07, 6.45) is 0.776. The summed E-state index contributed by atoms with van der Waals surface area (Å²) in [7, 11) is 0. The first-order chi connectivity index (χ1) is 10.2. The van der Waals surface area contributed by atoms with Gasteiger partial charge in [-0.25, -0.2) is 0 Å². The molecule has 1 heterocycles. The summed E-state index contributed by atoms with van der Waals surface area (Å²) in [5.74, 6) is 6.98. The lowest BCUT2D eigenvalue weighted by molar-refractivity contribution is 0.297. The van der Waals surface area contributed by atoms with Crippen LogP contribution >= 0.6 is 11.6 Å². The molecule has 3 nitrogen and oxygen atoms in total. The van der Waals surface area contributed by atoms with Gasteiger partial charge in [0.1, 0.15) is 5.75 Å². The highest BCUT2D eigenvalue weighted by Crippen LogP contribution is 2.36. The second kappa shape index (κ2) is 6.06. The Balaban J connectivity index is 1.83. The minimum Gasteiger partial charge on any atom is -0.493 e. The SMILES string of the molecule is Cc1ccc(CC(NN)C2COc3ccccc32)c(Cl)c1. The Kier molecular flexibility index (Phi) is 4.15. The minimum absolute atomic E-state index is 0.0915. The fraction of sp³-hybridized carbons (Fsp3) is 0.294. The fourth-order valence-electron chi connectivity index (χ4n) is 2.89. The van der Waals surface area contributed by atoms with Gasteiger partial charge in [0, 0.05) is 22.5 Å². The number of halogens is 1. The number of nitrogens with one attached hydrogen (secondary N) is 1. The third-order valence-electron chi connectivity index (χ3n) is 4.09. The first kappa shape index (κ1) is 14.4. The van der Waals surface area contributed by atoms with E-state index in [-0.39, 0.29) is 12.0 Å². The molecule has 2 aromatic carbocycles. The first-order valence-corrected chi connectivity index (χ1v) is 7.49. The zero-order chi connectivity index (χ0) is 14.8. The molecule has 0 amide bonds. The summed E-state index contributed by atoms with van der Waals surface area (Å²) in [6.45, 7) is 2.69. The van der Waals surface area contributed by atoms with E-state index in [1.807, 2.05) is 31.2 Å². The highest BCUT2D eigenvalue weighted by atomic mass is 35.5. The van der Waals surface area contributed by atoms with E-state index in [0.717, 1.165) is 28.3 Å². The van der Waals surface area contributed by atoms with Crippen molar-refractivity contribution in [2.45, 2.75) is 25.3 Å². The third kappa shape index (κ3) is 2.91. The van der Waals surface area contributed by atoms with E-state index in [2.05, 4.69) is 23.6 Å². The lowest BCUT2D eigenvalue weighted by atomic mass is 9.89. The molecule has 0 saturated carbocycles. The van der Waals surface area contributed by atoms with E-state index < -0.39 is 0 Å². The molecular weight excluding hydrogens is 284 g/mol. The molecule has 0 radical (unpaired) electrons. The van der Waals surface area contributed by atoms with E-state index in [4.69, 9.17) is 22.2 Å². The number of rotatable bonds is 4. The van der Waals surface area contributed by atoms with Crippen molar-refractivity contribution in [3.63, 3.8) is 0 Å². The van der Waals surface area contributed by atoms with Gasteiger partial charge in [-0.15, -0.1) is 0 Å². The van der Waals surface area contributed by atoms with Crippen molar-refractivity contribution in [2.75, 3.05) is 6.61 Å². The van der Waals surface area contributed by atoms with Gasteiger partial charge in [0.2, 0.25) is 0 Å². The number of nitrogens with two attached hydrogens (primary N) is 1. The molecular formula is C17H19ClN2O. The maximum atomic E-state index is 6.34. The molecule has 110 valence electrons. The van der Waals surface area contributed by atoms with Crippen LogP contribution in [0.25, 0.3) is 0 Å². The molecule has 0 saturated heterocycles. The number of para-hydroxylation sites is 1. The number of ether oxygens (including phenoxy) is 1. The highest BCUT2D eigenvalue weighted by molar-refractivity contribution is 6.31. The molecule has 0 bridgehead atoms. The predicted octanol–water partition coefficient (Wildman–Crippen LogP) is 3.20. The largest absolute Gasteiger partial charge is 0.493 e. The smallest absolute Gasteiger partial charge is 0.122 e. The minimum atomic E-state index is 0.0915. The summed E-state index contributed by atoms with van der Waals surface area (Å²) in [5, 5.41) is 0.794. The molecule has 4 heteroatoms. The van der Waals surface area contributed by atoms with Gasteiger partial charge in [-0.1, -0.05) is 41.9 Å². The highest BCUT2D eigenvalue weighted by Gasteiger charge is 2.31. The van der Waals surface area contributed by atoms with Crippen LogP contribution in [0, 0.1) is 6.92 Å². The van der Waals surface area contributed by atoms with Crippen molar-refractivity contribution >= 4 is 11.6 Å². The van der Waals surface area contributed by atoms with Gasteiger partial charge in [-0.05, 0) is 36.6 Å². The standard InChI is InChI=1S/C17H19ClN2O/c1-11-6-7-12(15(18)8-11)9-16(20-19)14-10-21-17-5-3-2-4-13(14)17/h2-8,14,16,20H,9-10,19H2,1H3. The monoisotopic (exact) mass is 302 g/mol. The molecule has 0 aromatic heterocycles. The Bertz CT molecular complexity index is 644. The summed E-state index contributed by atoms with van der Waals surface area (Å²) >= 11 is 6.34. The maximum Gasteiger partial charge on any atom is 0.122 e.